The second-order valence-corrected chi connectivity index (χ2v) is 5.95. The molecule has 3 N–H and O–H groups in total. The van der Waals surface area contributed by atoms with Crippen molar-refractivity contribution in [2.24, 2.45) is 5.73 Å². The molecule has 0 aliphatic heterocycles. The Kier molecular flexibility index (Phi) is 8.66. The van der Waals surface area contributed by atoms with Gasteiger partial charge in [-0.2, -0.15) is 0 Å². The molecule has 0 aromatic carbocycles. The molecule has 1 atom stereocenters. The van der Waals surface area contributed by atoms with Crippen LogP contribution in [0.15, 0.2) is 11.6 Å². The lowest BCUT2D eigenvalue weighted by Crippen LogP contribution is -2.55. The number of halogens is 2. The zero-order valence-electron chi connectivity index (χ0n) is 11.6. The van der Waals surface area contributed by atoms with Crippen molar-refractivity contribution in [3.63, 3.8) is 0 Å². The Hall–Kier alpha value is -0.360. The smallest absolute Gasteiger partial charge is 0.240 e. The van der Waals surface area contributed by atoms with Crippen LogP contribution in [0.3, 0.4) is 0 Å². The number of hydrogen-bond acceptors (Lipinski definition) is 4. The minimum absolute atomic E-state index is 0. The van der Waals surface area contributed by atoms with E-state index in [9.17, 15) is 4.79 Å². The molecule has 116 valence electrons. The van der Waals surface area contributed by atoms with Crippen molar-refractivity contribution >= 4 is 42.1 Å². The van der Waals surface area contributed by atoms with Gasteiger partial charge in [-0.05, 0) is 19.3 Å². The molecule has 1 heterocycles. The molecule has 0 radical (unpaired) electrons. The van der Waals surface area contributed by atoms with Crippen LogP contribution in [0.5, 0.6) is 0 Å². The van der Waals surface area contributed by atoms with Gasteiger partial charge in [0.15, 0.2) is 0 Å². The van der Waals surface area contributed by atoms with Gasteiger partial charge in [-0.25, -0.2) is 4.98 Å². The first-order valence-electron chi connectivity index (χ1n) is 6.65. The number of amides is 1. The van der Waals surface area contributed by atoms with Crippen LogP contribution in [-0.4, -0.2) is 16.4 Å². The van der Waals surface area contributed by atoms with E-state index >= 15 is 0 Å². The molecule has 1 amide bonds. The van der Waals surface area contributed by atoms with Gasteiger partial charge >= 0.3 is 0 Å². The van der Waals surface area contributed by atoms with Crippen molar-refractivity contribution in [1.82, 2.24) is 10.3 Å². The van der Waals surface area contributed by atoms with Gasteiger partial charge in [0.05, 0.1) is 11.6 Å². The van der Waals surface area contributed by atoms with Crippen LogP contribution < -0.4 is 11.1 Å². The van der Waals surface area contributed by atoms with E-state index in [4.69, 9.17) is 5.73 Å². The maximum atomic E-state index is 12.3. The highest BCUT2D eigenvalue weighted by Crippen LogP contribution is 2.27. The van der Waals surface area contributed by atoms with Crippen molar-refractivity contribution in [2.45, 2.75) is 57.0 Å². The number of nitrogens with two attached hydrogens (primary N) is 1. The zero-order chi connectivity index (χ0) is 13.0. The quantitative estimate of drug-likeness (QED) is 0.884. The first-order valence-corrected chi connectivity index (χ1v) is 7.53. The average molecular weight is 340 g/mol. The van der Waals surface area contributed by atoms with Crippen LogP contribution in [0.25, 0.3) is 0 Å². The third kappa shape index (κ3) is 4.58. The molecular formula is C13H23Cl2N3OS. The molecule has 7 heteroatoms. The van der Waals surface area contributed by atoms with Crippen molar-refractivity contribution in [3.05, 3.63) is 16.6 Å². The summed E-state index contributed by atoms with van der Waals surface area (Å²) in [5.74, 6) is -0.00995. The molecular weight excluding hydrogens is 317 g/mol. The van der Waals surface area contributed by atoms with Crippen LogP contribution in [0, 0.1) is 0 Å². The maximum absolute atomic E-state index is 12.3. The second kappa shape index (κ2) is 8.82. The highest BCUT2D eigenvalue weighted by Gasteiger charge is 2.36. The molecule has 1 aliphatic carbocycles. The summed E-state index contributed by atoms with van der Waals surface area (Å²) in [5, 5.41) is 5.96. The molecule has 0 spiro atoms. The van der Waals surface area contributed by atoms with E-state index in [2.05, 4.69) is 17.2 Å². The van der Waals surface area contributed by atoms with Crippen molar-refractivity contribution < 1.29 is 4.79 Å². The predicted octanol–water partition coefficient (Wildman–Crippen LogP) is 3.22. The normalized spacial score (nSPS) is 18.3. The van der Waals surface area contributed by atoms with E-state index in [1.54, 1.807) is 17.5 Å². The molecule has 1 aromatic heterocycles. The summed E-state index contributed by atoms with van der Waals surface area (Å²) in [5.41, 5.74) is 5.57. The van der Waals surface area contributed by atoms with Crippen LogP contribution in [0.4, 0.5) is 0 Å². The topological polar surface area (TPSA) is 68.0 Å². The number of aromatic nitrogens is 1. The van der Waals surface area contributed by atoms with Gasteiger partial charge < -0.3 is 11.1 Å². The largest absolute Gasteiger partial charge is 0.345 e. The number of carbonyl (C=O) groups excluding carboxylic acids is 1. The van der Waals surface area contributed by atoms with Gasteiger partial charge in [-0.15, -0.1) is 36.2 Å². The molecule has 0 saturated heterocycles. The lowest BCUT2D eigenvalue weighted by molar-refractivity contribution is -0.128. The summed E-state index contributed by atoms with van der Waals surface area (Å²) >= 11 is 1.58. The van der Waals surface area contributed by atoms with Crippen LogP contribution in [0.1, 0.15) is 56.5 Å². The summed E-state index contributed by atoms with van der Waals surface area (Å²) in [4.78, 5) is 16.6. The summed E-state index contributed by atoms with van der Waals surface area (Å²) in [6, 6.07) is -0.000137. The lowest BCUT2D eigenvalue weighted by Gasteiger charge is -2.33. The van der Waals surface area contributed by atoms with Gasteiger partial charge in [0, 0.05) is 11.6 Å². The van der Waals surface area contributed by atoms with Gasteiger partial charge in [-0.3, -0.25) is 4.79 Å². The van der Waals surface area contributed by atoms with Gasteiger partial charge in [-0.1, -0.05) is 26.2 Å². The third-order valence-corrected chi connectivity index (χ3v) is 4.55. The molecule has 20 heavy (non-hydrogen) atoms. The standard InChI is InChI=1S/C13H21N3OS.2ClH/c1-2-10(11-15-8-9-18-11)16-12(17)13(14)6-4-3-5-7-13;;/h8-10H,2-7,14H2,1H3,(H,16,17);2*1H. The number of hydrogen-bond donors (Lipinski definition) is 2. The Morgan fingerprint density at radius 3 is 2.60 bits per heavy atom. The van der Waals surface area contributed by atoms with E-state index in [0.29, 0.717) is 0 Å². The fraction of sp³-hybridized carbons (Fsp3) is 0.692. The van der Waals surface area contributed by atoms with Gasteiger partial charge in [0.2, 0.25) is 5.91 Å². The van der Waals surface area contributed by atoms with Crippen LogP contribution in [0.2, 0.25) is 0 Å². The highest BCUT2D eigenvalue weighted by molar-refractivity contribution is 7.09. The molecule has 1 saturated carbocycles. The fourth-order valence-electron chi connectivity index (χ4n) is 2.46. The Balaban J connectivity index is 0.00000180. The molecule has 1 fully saturated rings. The van der Waals surface area contributed by atoms with E-state index < -0.39 is 5.54 Å². The van der Waals surface area contributed by atoms with E-state index in [1.165, 1.54) is 6.42 Å². The number of carbonyl (C=O) groups is 1. The molecule has 2 rings (SSSR count). The average Bonchev–Trinajstić information content (AvgIpc) is 2.90. The van der Waals surface area contributed by atoms with E-state index in [1.807, 2.05) is 5.38 Å². The Bertz CT molecular complexity index is 394. The van der Waals surface area contributed by atoms with Crippen LogP contribution in [-0.2, 0) is 4.79 Å². The van der Waals surface area contributed by atoms with Crippen LogP contribution >= 0.6 is 36.2 Å². The van der Waals surface area contributed by atoms with Crippen molar-refractivity contribution in [2.75, 3.05) is 0 Å². The monoisotopic (exact) mass is 339 g/mol. The predicted molar refractivity (Wildman–Crippen MR) is 87.8 cm³/mol. The number of nitrogens with one attached hydrogen (secondary N) is 1. The summed E-state index contributed by atoms with van der Waals surface area (Å²) in [7, 11) is 0. The molecule has 1 unspecified atom stereocenters. The summed E-state index contributed by atoms with van der Waals surface area (Å²) in [6.45, 7) is 2.05. The van der Waals surface area contributed by atoms with E-state index in [0.717, 1.165) is 37.1 Å². The number of nitrogens with zero attached hydrogens (tertiary/aromatic N) is 1. The fourth-order valence-corrected chi connectivity index (χ4v) is 3.23. The molecule has 1 aromatic rings. The highest BCUT2D eigenvalue weighted by atomic mass is 35.5. The van der Waals surface area contributed by atoms with Crippen molar-refractivity contribution in [3.8, 4) is 0 Å². The summed E-state index contributed by atoms with van der Waals surface area (Å²) < 4.78 is 0. The molecule has 0 bridgehead atoms. The van der Waals surface area contributed by atoms with Gasteiger partial charge in [0.1, 0.15) is 5.01 Å². The second-order valence-electron chi connectivity index (χ2n) is 5.02. The molecule has 4 nitrogen and oxygen atoms in total. The Morgan fingerprint density at radius 1 is 1.45 bits per heavy atom. The summed E-state index contributed by atoms with van der Waals surface area (Å²) in [6.07, 6.45) is 7.51. The SMILES string of the molecule is CCC(NC(=O)C1(N)CCCCC1)c1nccs1.Cl.Cl. The zero-order valence-corrected chi connectivity index (χ0v) is 14.1. The third-order valence-electron chi connectivity index (χ3n) is 3.66. The minimum atomic E-state index is -0.664. The minimum Gasteiger partial charge on any atom is -0.345 e. The Morgan fingerprint density at radius 2 is 2.10 bits per heavy atom. The lowest BCUT2D eigenvalue weighted by atomic mass is 9.81. The Labute approximate surface area is 136 Å². The first kappa shape index (κ1) is 19.6. The number of rotatable bonds is 4. The number of thiazole rings is 1. The maximum Gasteiger partial charge on any atom is 0.240 e. The van der Waals surface area contributed by atoms with E-state index in [-0.39, 0.29) is 36.8 Å². The first-order chi connectivity index (χ1) is 8.65. The molecule has 1 aliphatic rings. The van der Waals surface area contributed by atoms with Crippen molar-refractivity contribution in [1.29, 1.82) is 0 Å². The van der Waals surface area contributed by atoms with Gasteiger partial charge in [0.25, 0.3) is 0 Å².